The number of nitrogens with one attached hydrogen (secondary N) is 1. The third-order valence-corrected chi connectivity index (χ3v) is 6.03. The van der Waals surface area contributed by atoms with Gasteiger partial charge in [-0.25, -0.2) is 0 Å². The Morgan fingerprint density at radius 2 is 1.78 bits per heavy atom. The summed E-state index contributed by atoms with van der Waals surface area (Å²) in [4.78, 5) is 0. The van der Waals surface area contributed by atoms with Crippen molar-refractivity contribution in [3.8, 4) is 11.5 Å². The van der Waals surface area contributed by atoms with Gasteiger partial charge in [-0.3, -0.25) is 0 Å². The summed E-state index contributed by atoms with van der Waals surface area (Å²) >= 11 is 0. The maximum absolute atomic E-state index is 5.55. The van der Waals surface area contributed by atoms with E-state index in [0.29, 0.717) is 11.8 Å². The molecule has 3 atom stereocenters. The Balaban J connectivity index is 1.65. The van der Waals surface area contributed by atoms with Gasteiger partial charge in [0, 0.05) is 17.0 Å². The lowest BCUT2D eigenvalue weighted by atomic mass is 9.76. The van der Waals surface area contributed by atoms with E-state index < -0.39 is 0 Å². The fourth-order valence-corrected chi connectivity index (χ4v) is 4.72. The van der Waals surface area contributed by atoms with E-state index in [-0.39, 0.29) is 6.04 Å². The number of ether oxygens (including phenoxy) is 2. The molecule has 2 aliphatic rings. The highest BCUT2D eigenvalue weighted by Crippen LogP contribution is 2.52. The summed E-state index contributed by atoms with van der Waals surface area (Å²) < 4.78 is 11.0. The zero-order valence-electron chi connectivity index (χ0n) is 15.6. The molecule has 3 aromatic carbocycles. The van der Waals surface area contributed by atoms with Crippen LogP contribution in [0.15, 0.2) is 66.7 Å². The monoisotopic (exact) mass is 357 g/mol. The molecule has 0 saturated carbocycles. The van der Waals surface area contributed by atoms with Crippen molar-refractivity contribution in [2.24, 2.45) is 5.92 Å². The van der Waals surface area contributed by atoms with E-state index in [9.17, 15) is 0 Å². The van der Waals surface area contributed by atoms with Crippen molar-refractivity contribution in [2.45, 2.75) is 18.4 Å². The molecule has 1 aliphatic carbocycles. The van der Waals surface area contributed by atoms with Gasteiger partial charge in [0.25, 0.3) is 0 Å². The van der Waals surface area contributed by atoms with Gasteiger partial charge in [-0.15, -0.1) is 0 Å². The molecule has 1 N–H and O–H groups in total. The van der Waals surface area contributed by atoms with Gasteiger partial charge in [-0.05, 0) is 41.0 Å². The van der Waals surface area contributed by atoms with Crippen LogP contribution >= 0.6 is 0 Å². The number of rotatable bonds is 3. The number of benzene rings is 3. The molecule has 0 fully saturated rings. The molecule has 5 rings (SSSR count). The van der Waals surface area contributed by atoms with Crippen molar-refractivity contribution in [3.05, 3.63) is 77.9 Å². The zero-order valence-corrected chi connectivity index (χ0v) is 15.6. The second-order valence-corrected chi connectivity index (χ2v) is 7.34. The first-order valence-corrected chi connectivity index (χ1v) is 9.47. The van der Waals surface area contributed by atoms with E-state index >= 15 is 0 Å². The molecule has 0 bridgehead atoms. The van der Waals surface area contributed by atoms with Crippen LogP contribution < -0.4 is 14.8 Å². The molecule has 0 radical (unpaired) electrons. The number of methoxy groups -OCH3 is 2. The maximum Gasteiger partial charge on any atom is 0.161 e. The van der Waals surface area contributed by atoms with Crippen molar-refractivity contribution in [1.29, 1.82) is 0 Å². The molecule has 0 unspecified atom stereocenters. The average molecular weight is 357 g/mol. The van der Waals surface area contributed by atoms with Crippen LogP contribution in [-0.2, 0) is 0 Å². The lowest BCUT2D eigenvalue weighted by Gasteiger charge is -2.38. The third-order valence-electron chi connectivity index (χ3n) is 6.03. The first kappa shape index (κ1) is 16.2. The Labute approximate surface area is 159 Å². The quantitative estimate of drug-likeness (QED) is 0.611. The summed E-state index contributed by atoms with van der Waals surface area (Å²) in [6, 6.07) is 19.7. The standard InChI is InChI=1S/C24H23NO2/c1-26-21-13-11-16(14-22(21)27-2)23-19-9-5-8-18(19)20-12-10-15-6-3-4-7-17(15)24(20)25-23/h3-8,10-14,18-19,23,25H,9H2,1-2H3/t18-,19+,23-/m1/s1. The normalized spacial score (nSPS) is 22.8. The lowest BCUT2D eigenvalue weighted by molar-refractivity contribution is 0.353. The van der Waals surface area contributed by atoms with E-state index in [4.69, 9.17) is 9.47 Å². The number of hydrogen-bond acceptors (Lipinski definition) is 3. The Morgan fingerprint density at radius 3 is 2.63 bits per heavy atom. The van der Waals surface area contributed by atoms with Gasteiger partial charge in [0.2, 0.25) is 0 Å². The minimum atomic E-state index is 0.239. The van der Waals surface area contributed by atoms with Gasteiger partial charge < -0.3 is 14.8 Å². The Kier molecular flexibility index (Phi) is 3.82. The van der Waals surface area contributed by atoms with Gasteiger partial charge in [-0.1, -0.05) is 54.6 Å². The fraction of sp³-hybridized carbons (Fsp3) is 0.250. The van der Waals surface area contributed by atoms with Gasteiger partial charge in [0.15, 0.2) is 11.5 Å². The highest BCUT2D eigenvalue weighted by atomic mass is 16.5. The number of anilines is 1. The Hall–Kier alpha value is -2.94. The minimum absolute atomic E-state index is 0.239. The molecule has 27 heavy (non-hydrogen) atoms. The van der Waals surface area contributed by atoms with E-state index in [0.717, 1.165) is 17.9 Å². The smallest absolute Gasteiger partial charge is 0.161 e. The first-order valence-electron chi connectivity index (χ1n) is 9.47. The third kappa shape index (κ3) is 2.49. The van der Waals surface area contributed by atoms with Crippen molar-refractivity contribution >= 4 is 16.5 Å². The van der Waals surface area contributed by atoms with E-state index in [1.165, 1.54) is 27.6 Å². The summed E-state index contributed by atoms with van der Waals surface area (Å²) in [6.45, 7) is 0. The van der Waals surface area contributed by atoms with Crippen LogP contribution in [0.4, 0.5) is 5.69 Å². The van der Waals surface area contributed by atoms with Crippen molar-refractivity contribution in [1.82, 2.24) is 0 Å². The molecule has 3 aromatic rings. The average Bonchev–Trinajstić information content (AvgIpc) is 3.22. The SMILES string of the molecule is COc1ccc([C@H]2Nc3c(ccc4ccccc34)[C@@H]3C=CC[C@H]23)cc1OC. The number of fused-ring (bicyclic) bond motifs is 5. The molecular weight excluding hydrogens is 334 g/mol. The van der Waals surface area contributed by atoms with Crippen LogP contribution in [0.25, 0.3) is 10.8 Å². The largest absolute Gasteiger partial charge is 0.493 e. The van der Waals surface area contributed by atoms with Crippen molar-refractivity contribution < 1.29 is 9.47 Å². The predicted molar refractivity (Wildman–Crippen MR) is 110 cm³/mol. The second-order valence-electron chi connectivity index (χ2n) is 7.34. The van der Waals surface area contributed by atoms with Gasteiger partial charge >= 0.3 is 0 Å². The summed E-state index contributed by atoms with van der Waals surface area (Å²) in [7, 11) is 3.37. The first-order chi connectivity index (χ1) is 13.3. The topological polar surface area (TPSA) is 30.5 Å². The molecule has 3 heteroatoms. The van der Waals surface area contributed by atoms with E-state index in [1.54, 1.807) is 14.2 Å². The summed E-state index contributed by atoms with van der Waals surface area (Å²) in [6.07, 6.45) is 5.80. The molecule has 0 saturated heterocycles. The number of allylic oxidation sites excluding steroid dienone is 2. The van der Waals surface area contributed by atoms with Crippen LogP contribution in [-0.4, -0.2) is 14.2 Å². The van der Waals surface area contributed by atoms with Crippen molar-refractivity contribution in [2.75, 3.05) is 19.5 Å². The zero-order chi connectivity index (χ0) is 18.4. The number of hydrogen-bond donors (Lipinski definition) is 1. The van der Waals surface area contributed by atoms with E-state index in [1.807, 2.05) is 6.07 Å². The van der Waals surface area contributed by atoms with Gasteiger partial charge in [-0.2, -0.15) is 0 Å². The van der Waals surface area contributed by atoms with Crippen LogP contribution in [0.5, 0.6) is 11.5 Å². The Bertz CT molecular complexity index is 1040. The van der Waals surface area contributed by atoms with Gasteiger partial charge in [0.1, 0.15) is 0 Å². The Morgan fingerprint density at radius 1 is 0.926 bits per heavy atom. The minimum Gasteiger partial charge on any atom is -0.493 e. The summed E-state index contributed by atoms with van der Waals surface area (Å²) in [5.74, 6) is 2.51. The van der Waals surface area contributed by atoms with Crippen LogP contribution in [0.1, 0.15) is 29.5 Å². The van der Waals surface area contributed by atoms with E-state index in [2.05, 4.69) is 66.0 Å². The van der Waals surface area contributed by atoms with Gasteiger partial charge in [0.05, 0.1) is 20.3 Å². The van der Waals surface area contributed by atoms with Crippen LogP contribution in [0, 0.1) is 5.92 Å². The van der Waals surface area contributed by atoms with Crippen molar-refractivity contribution in [3.63, 3.8) is 0 Å². The molecule has 0 spiro atoms. The summed E-state index contributed by atoms with van der Waals surface area (Å²) in [5, 5.41) is 6.44. The molecule has 1 heterocycles. The van der Waals surface area contributed by atoms with Crippen LogP contribution in [0.2, 0.25) is 0 Å². The van der Waals surface area contributed by atoms with Crippen LogP contribution in [0.3, 0.4) is 0 Å². The second kappa shape index (κ2) is 6.34. The molecule has 0 amide bonds. The predicted octanol–water partition coefficient (Wildman–Crippen LogP) is 5.68. The summed E-state index contributed by atoms with van der Waals surface area (Å²) in [5.41, 5.74) is 3.91. The maximum atomic E-state index is 5.55. The molecule has 136 valence electrons. The fourth-order valence-electron chi connectivity index (χ4n) is 4.72. The highest BCUT2D eigenvalue weighted by molar-refractivity contribution is 5.96. The highest BCUT2D eigenvalue weighted by Gasteiger charge is 2.38. The molecule has 3 nitrogen and oxygen atoms in total. The molecule has 1 aliphatic heterocycles. The molecule has 0 aromatic heterocycles. The molecular formula is C24H23NO2. The lowest BCUT2D eigenvalue weighted by Crippen LogP contribution is -2.29.